The Balaban J connectivity index is 1.35. The number of ether oxygens (including phenoxy) is 2. The van der Waals surface area contributed by atoms with E-state index in [9.17, 15) is 18.7 Å². The Morgan fingerprint density at radius 1 is 1.14 bits per heavy atom. The molecule has 186 valence electrons. The molecule has 1 fully saturated rings. The minimum absolute atomic E-state index is 0.0658. The molecule has 36 heavy (non-hydrogen) atoms. The van der Waals surface area contributed by atoms with Crippen molar-refractivity contribution in [2.45, 2.75) is 19.4 Å². The van der Waals surface area contributed by atoms with Gasteiger partial charge in [-0.05, 0) is 79.6 Å². The van der Waals surface area contributed by atoms with Crippen LogP contribution in [0.1, 0.15) is 30.0 Å². The Labute approximate surface area is 214 Å². The van der Waals surface area contributed by atoms with Gasteiger partial charge in [0.2, 0.25) is 5.78 Å². The van der Waals surface area contributed by atoms with E-state index in [0.29, 0.717) is 56.4 Å². The van der Waals surface area contributed by atoms with Crippen LogP contribution >= 0.6 is 11.3 Å². The van der Waals surface area contributed by atoms with Crippen LogP contribution in [-0.2, 0) is 0 Å². The van der Waals surface area contributed by atoms with Crippen LogP contribution in [0.25, 0.3) is 10.1 Å². The summed E-state index contributed by atoms with van der Waals surface area (Å²) in [5, 5.41) is 10.6. The first kappa shape index (κ1) is 21.8. The first-order valence-electron chi connectivity index (χ1n) is 12.5. The quantitative estimate of drug-likeness (QED) is 0.260. The summed E-state index contributed by atoms with van der Waals surface area (Å²) >= 11 is 1.19. The van der Waals surface area contributed by atoms with Gasteiger partial charge in [0, 0.05) is 38.0 Å². The molecule has 0 unspecified atom stereocenters. The van der Waals surface area contributed by atoms with Crippen LogP contribution in [0.4, 0.5) is 8.78 Å². The van der Waals surface area contributed by atoms with Gasteiger partial charge in [-0.1, -0.05) is 0 Å². The monoisotopic (exact) mass is 511 g/mol. The Morgan fingerprint density at radius 3 is 2.61 bits per heavy atom. The third-order valence-electron chi connectivity index (χ3n) is 5.89. The number of aryl methyl sites for hydroxylation is 1. The zero-order chi connectivity index (χ0) is 27.0. The summed E-state index contributed by atoms with van der Waals surface area (Å²) in [7, 11) is 0. The molecule has 0 amide bonds. The van der Waals surface area contributed by atoms with Gasteiger partial charge in [0.25, 0.3) is 0 Å². The van der Waals surface area contributed by atoms with E-state index in [1.165, 1.54) is 35.6 Å². The van der Waals surface area contributed by atoms with Gasteiger partial charge in [-0.3, -0.25) is 14.1 Å². The number of rotatable bonds is 9. The third kappa shape index (κ3) is 5.05. The van der Waals surface area contributed by atoms with Crippen LogP contribution in [0.3, 0.4) is 0 Å². The number of halogens is 2. The normalized spacial score (nSPS) is 15.3. The van der Waals surface area contributed by atoms with Crippen LogP contribution in [0.2, 0.25) is 0 Å². The highest BCUT2D eigenvalue weighted by Crippen LogP contribution is 2.43. The number of benzene rings is 3. The molecule has 3 aromatic carbocycles. The number of fused-ring (bicyclic) bond motifs is 1. The lowest BCUT2D eigenvalue weighted by atomic mass is 10.0. The van der Waals surface area contributed by atoms with Gasteiger partial charge in [0.05, 0.1) is 6.67 Å². The number of aromatic hydroxyl groups is 1. The number of phenols is 1. The van der Waals surface area contributed by atoms with Crippen LogP contribution in [0.5, 0.6) is 23.0 Å². The molecule has 4 aromatic rings. The molecular weight excluding hydrogens is 484 g/mol. The van der Waals surface area contributed by atoms with Gasteiger partial charge in [0.15, 0.2) is 5.75 Å². The van der Waals surface area contributed by atoms with Crippen LogP contribution < -0.4 is 9.47 Å². The van der Waals surface area contributed by atoms with Crippen molar-refractivity contribution in [3.05, 3.63) is 82.5 Å². The first-order valence-corrected chi connectivity index (χ1v) is 12.3. The molecule has 0 aliphatic carbocycles. The van der Waals surface area contributed by atoms with E-state index in [-0.39, 0.29) is 24.1 Å². The number of carbonyl (C=O) groups is 1. The number of thiophene rings is 1. The summed E-state index contributed by atoms with van der Waals surface area (Å²) < 4.78 is 54.7. The standard InChI is InChI=1S/C28H25F2NO4S/c1-17-13-18(30)3-9-23(17)26(33)28-27(24-10-4-19(32)14-25(24)36-28)35-21-7-5-20(6-8-21)34-22-15-31(16-22)12-2-11-29/h3-10,13-14,22,32H,2,11-12,15-16H2,1H3/i12D2. The highest BCUT2D eigenvalue weighted by Gasteiger charge is 2.28. The largest absolute Gasteiger partial charge is 0.508 e. The average molecular weight is 512 g/mol. The molecule has 0 spiro atoms. The summed E-state index contributed by atoms with van der Waals surface area (Å²) in [6.45, 7) is 0.00751. The van der Waals surface area contributed by atoms with Gasteiger partial charge in [-0.2, -0.15) is 0 Å². The van der Waals surface area contributed by atoms with E-state index in [1.54, 1.807) is 48.2 Å². The topological polar surface area (TPSA) is 59.0 Å². The third-order valence-corrected chi connectivity index (χ3v) is 7.02. The molecule has 0 radical (unpaired) electrons. The molecule has 5 rings (SSSR count). The molecule has 1 aliphatic rings. The summed E-state index contributed by atoms with van der Waals surface area (Å²) in [6.07, 6.45) is -0.374. The van der Waals surface area contributed by atoms with E-state index >= 15 is 0 Å². The minimum Gasteiger partial charge on any atom is -0.508 e. The maximum atomic E-state index is 13.6. The molecule has 1 aliphatic heterocycles. The fourth-order valence-corrected chi connectivity index (χ4v) is 5.17. The fraction of sp³-hybridized carbons (Fsp3) is 0.250. The molecular formula is C28H25F2NO4S. The maximum absolute atomic E-state index is 13.6. The van der Waals surface area contributed by atoms with Crippen LogP contribution in [0.15, 0.2) is 60.7 Å². The SMILES string of the molecule is [2H]C([2H])(CCF)N1CC(Oc2ccc(Oc3c(C(=O)c4ccc(F)cc4C)sc4cc(O)ccc34)cc2)C1. The van der Waals surface area contributed by atoms with Crippen molar-refractivity contribution in [2.75, 3.05) is 26.3 Å². The number of hydrogen-bond acceptors (Lipinski definition) is 6. The van der Waals surface area contributed by atoms with E-state index in [1.807, 2.05) is 0 Å². The highest BCUT2D eigenvalue weighted by molar-refractivity contribution is 7.21. The van der Waals surface area contributed by atoms with Gasteiger partial charge in [0.1, 0.15) is 34.0 Å². The molecule has 1 saturated heterocycles. The molecule has 0 atom stereocenters. The number of likely N-dealkylation sites (tertiary alicyclic amines) is 1. The smallest absolute Gasteiger partial charge is 0.207 e. The number of alkyl halides is 1. The number of ketones is 1. The molecule has 1 aromatic heterocycles. The fourth-order valence-electron chi connectivity index (χ4n) is 4.06. The highest BCUT2D eigenvalue weighted by atomic mass is 32.1. The van der Waals surface area contributed by atoms with Crippen LogP contribution in [-0.4, -0.2) is 48.2 Å². The van der Waals surface area contributed by atoms with Crippen molar-refractivity contribution in [1.29, 1.82) is 0 Å². The Bertz CT molecular complexity index is 1490. The maximum Gasteiger partial charge on any atom is 0.207 e. The summed E-state index contributed by atoms with van der Waals surface area (Å²) in [4.78, 5) is 15.4. The minimum atomic E-state index is -1.69. The number of hydrogen-bond donors (Lipinski definition) is 1. The lowest BCUT2D eigenvalue weighted by Gasteiger charge is -2.38. The Hall–Kier alpha value is -3.49. The summed E-state index contributed by atoms with van der Waals surface area (Å²) in [6, 6.07) is 15.6. The van der Waals surface area contributed by atoms with Crippen molar-refractivity contribution in [2.24, 2.45) is 0 Å². The summed E-state index contributed by atoms with van der Waals surface area (Å²) in [5.41, 5.74) is 0.872. The van der Waals surface area contributed by atoms with E-state index in [0.717, 1.165) is 0 Å². The zero-order valence-corrected chi connectivity index (χ0v) is 20.3. The van der Waals surface area contributed by atoms with E-state index in [2.05, 4.69) is 0 Å². The van der Waals surface area contributed by atoms with Crippen molar-refractivity contribution in [3.63, 3.8) is 0 Å². The van der Waals surface area contributed by atoms with E-state index < -0.39 is 19.0 Å². The first-order chi connectivity index (χ1) is 18.1. The van der Waals surface area contributed by atoms with Crippen molar-refractivity contribution >= 4 is 27.2 Å². The second-order valence-corrected chi connectivity index (χ2v) is 9.60. The van der Waals surface area contributed by atoms with Gasteiger partial charge < -0.3 is 14.6 Å². The lowest BCUT2D eigenvalue weighted by molar-refractivity contribution is 0.0184. The number of phenolic OH excluding ortho intramolecular Hbond substituents is 1. The van der Waals surface area contributed by atoms with Gasteiger partial charge in [-0.25, -0.2) is 4.39 Å². The number of nitrogens with zero attached hydrogens (tertiary/aromatic N) is 1. The zero-order valence-electron chi connectivity index (χ0n) is 21.5. The molecule has 2 heterocycles. The van der Waals surface area contributed by atoms with Crippen molar-refractivity contribution < 1.29 is 30.9 Å². The summed E-state index contributed by atoms with van der Waals surface area (Å²) in [5.74, 6) is 0.719. The van der Waals surface area contributed by atoms with Crippen molar-refractivity contribution in [1.82, 2.24) is 4.90 Å². The molecule has 0 saturated carbocycles. The molecule has 1 N–H and O–H groups in total. The lowest BCUT2D eigenvalue weighted by Crippen LogP contribution is -2.53. The molecule has 5 nitrogen and oxygen atoms in total. The Kier molecular flexibility index (Phi) is 6.19. The van der Waals surface area contributed by atoms with Crippen molar-refractivity contribution in [3.8, 4) is 23.0 Å². The predicted molar refractivity (Wildman–Crippen MR) is 136 cm³/mol. The van der Waals surface area contributed by atoms with Gasteiger partial charge >= 0.3 is 0 Å². The second kappa shape index (κ2) is 10.2. The average Bonchev–Trinajstić information content (AvgIpc) is 3.18. The van der Waals surface area contributed by atoms with Crippen LogP contribution in [0, 0.1) is 12.7 Å². The molecule has 8 heteroatoms. The second-order valence-electron chi connectivity index (χ2n) is 8.54. The Morgan fingerprint density at radius 2 is 1.89 bits per heavy atom. The molecule has 0 bridgehead atoms. The predicted octanol–water partition coefficient (Wildman–Crippen LogP) is 6.50. The van der Waals surface area contributed by atoms with Gasteiger partial charge in [-0.15, -0.1) is 11.3 Å². The number of carbonyl (C=O) groups excluding carboxylic acids is 1. The van der Waals surface area contributed by atoms with E-state index in [4.69, 9.17) is 12.2 Å².